The summed E-state index contributed by atoms with van der Waals surface area (Å²) in [6.07, 6.45) is 0. The summed E-state index contributed by atoms with van der Waals surface area (Å²) in [6.45, 7) is 3.25. The Kier molecular flexibility index (Phi) is 23.9. The van der Waals surface area contributed by atoms with Gasteiger partial charge in [0, 0.05) is 0 Å². The standard InChI is InChI=1S/3C18H15P.CHO.FH.NO.Re/c3*1-4-10-16(11-5-1)19(17-12-6-2-7-13-17)18-14-8-3-9-15-18;1-2;;1-2;/h3*1-15H;1H;1H;;/q;;;-1;;-1;+1/p+2. The van der Waals surface area contributed by atoms with Crippen LogP contribution in [-0.4, -0.2) is 6.79 Å². The average Bonchev–Trinajstić information content (AvgIpc) is 3.39. The molecule has 3 nitrogen and oxygen atoms in total. The molecule has 0 saturated carbocycles. The van der Waals surface area contributed by atoms with Gasteiger partial charge in [0.05, 0.1) is 23.8 Å². The topological polar surface area (TPSA) is 56.4 Å². The summed E-state index contributed by atoms with van der Waals surface area (Å²) in [5.41, 5.74) is 5.75. The predicted octanol–water partition coefficient (Wildman–Crippen LogP) is 10.00. The molecule has 0 aliphatic carbocycles. The molecule has 0 bridgehead atoms. The number of halogens is 1. The Hall–Kier alpha value is -5.87. The molecule has 314 valence electrons. The molecule has 63 heavy (non-hydrogen) atoms. The molecule has 9 aromatic carbocycles. The van der Waals surface area contributed by atoms with Crippen molar-refractivity contribution >= 4 is 78.3 Å². The van der Waals surface area contributed by atoms with Gasteiger partial charge in [-0.25, -0.2) is 0 Å². The van der Waals surface area contributed by atoms with Crippen molar-refractivity contribution in [3.8, 4) is 0 Å². The summed E-state index contributed by atoms with van der Waals surface area (Å²) in [4.78, 5) is 15.0. The van der Waals surface area contributed by atoms with E-state index in [1.165, 1.54) is 47.7 Å². The first-order valence-electron chi connectivity index (χ1n) is 20.0. The van der Waals surface area contributed by atoms with Crippen molar-refractivity contribution in [3.63, 3.8) is 0 Å². The first kappa shape index (κ1) is 49.8. The minimum Gasteiger partial charge on any atom is -0.577 e. The molecule has 0 spiro atoms. The van der Waals surface area contributed by atoms with Gasteiger partial charge in [-0.3, -0.25) is 6.79 Å². The van der Waals surface area contributed by atoms with E-state index in [4.69, 9.17) is 15.3 Å². The maximum Gasteiger partial charge on any atom is 0.102 e. The number of nitroso groups, excluding NO2 is 1. The van der Waals surface area contributed by atoms with Crippen molar-refractivity contribution in [1.82, 2.24) is 0 Å². The molecule has 0 saturated heterocycles. The molecule has 0 aliphatic rings. The Morgan fingerprint density at radius 2 is 0.317 bits per heavy atom. The van der Waals surface area contributed by atoms with Gasteiger partial charge in [0.25, 0.3) is 0 Å². The second kappa shape index (κ2) is 30.2. The third-order valence-corrected chi connectivity index (χ3v) is 17.8. The van der Waals surface area contributed by atoms with E-state index < -0.39 is 23.8 Å². The Morgan fingerprint density at radius 3 is 0.397 bits per heavy atom. The summed E-state index contributed by atoms with van der Waals surface area (Å²) < 4.78 is 9.56. The van der Waals surface area contributed by atoms with Crippen molar-refractivity contribution in [1.29, 1.82) is 0 Å². The van der Waals surface area contributed by atoms with Crippen LogP contribution in [0.2, 0.25) is 0 Å². The number of carbonyl (C=O) groups excluding carboxylic acids is 1. The van der Waals surface area contributed by atoms with E-state index in [-0.39, 0.29) is 19.7 Å². The summed E-state index contributed by atoms with van der Waals surface area (Å²) in [5.74, 6) is 0. The van der Waals surface area contributed by atoms with E-state index in [1.54, 1.807) is 0 Å². The zero-order chi connectivity index (χ0) is 44.7. The van der Waals surface area contributed by atoms with Crippen LogP contribution in [-0.2, 0) is 24.5 Å². The van der Waals surface area contributed by atoms with Crippen molar-refractivity contribution < 1.29 is 27.7 Å². The van der Waals surface area contributed by atoms with E-state index in [0.717, 1.165) is 0 Å². The molecule has 0 radical (unpaired) electrons. The minimum absolute atomic E-state index is 0.222. The second-order valence-corrected chi connectivity index (χ2v) is 20.9. The van der Waals surface area contributed by atoms with Gasteiger partial charge >= 0.3 is 22.9 Å². The predicted molar refractivity (Wildman–Crippen MR) is 274 cm³/mol. The quantitative estimate of drug-likeness (QED) is 0.0822. The fourth-order valence-corrected chi connectivity index (χ4v) is 14.7. The summed E-state index contributed by atoms with van der Waals surface area (Å²) >= 11 is 0.222. The number of rotatable bonds is 9. The largest absolute Gasteiger partial charge is 0.577 e. The smallest absolute Gasteiger partial charge is 0.102 e. The van der Waals surface area contributed by atoms with Crippen LogP contribution in [0.3, 0.4) is 0 Å². The van der Waals surface area contributed by atoms with Gasteiger partial charge in [0.15, 0.2) is 0 Å². The van der Waals surface area contributed by atoms with Crippen molar-refractivity contribution in [2.75, 3.05) is 0 Å². The van der Waals surface area contributed by atoms with Crippen LogP contribution >= 0.6 is 23.8 Å². The molecule has 0 amide bonds. The maximum absolute atomic E-state index is 9.56. The number of hydrogen-bond acceptors (Lipinski definition) is 2. The molecule has 0 atom stereocenters. The zero-order valence-electron chi connectivity index (χ0n) is 34.6. The van der Waals surface area contributed by atoms with Crippen LogP contribution in [0, 0.1) is 4.91 Å². The van der Waals surface area contributed by atoms with Crippen LogP contribution in [0.4, 0.5) is 3.22 Å². The maximum atomic E-state index is 9.56. The molecule has 0 unspecified atom stereocenters. The second-order valence-electron chi connectivity index (χ2n) is 13.4. The number of benzene rings is 9. The average molecular weight is 1050 g/mol. The van der Waals surface area contributed by atoms with Gasteiger partial charge < -0.3 is 15.3 Å². The van der Waals surface area contributed by atoms with Crippen molar-refractivity contribution in [2.45, 2.75) is 0 Å². The van der Waals surface area contributed by atoms with Gasteiger partial charge in [-0.15, -0.1) is 0 Å². The fraction of sp³-hybridized carbons (Fsp3) is 0. The first-order valence-corrected chi connectivity index (χ1v) is 25.5. The molecular weight excluding hydrogens is 1000 g/mol. The summed E-state index contributed by atoms with van der Waals surface area (Å²) in [5, 5.41) is 12.9. The van der Waals surface area contributed by atoms with Crippen LogP contribution in [0.1, 0.15) is 0 Å². The van der Waals surface area contributed by atoms with Crippen molar-refractivity contribution in [3.05, 3.63) is 283 Å². The molecule has 8 heteroatoms. The number of hydrogen-bond donors (Lipinski definition) is 0. The Labute approximate surface area is 387 Å². The Morgan fingerprint density at radius 1 is 0.238 bits per heavy atom. The molecule has 0 aliphatic heterocycles. The first-order chi connectivity index (χ1) is 31.3. The SMILES string of the molecule is [CH-]=O.[F][Re].[N-]=O.c1ccc([PH+](c2ccccc2)c2ccccc2)cc1.c1ccc([PH+](c2ccccc2)c2ccccc2)cc1.c1ccc([PH+](c2ccccc2)c2ccccc2)cc1. The van der Waals surface area contributed by atoms with Crippen LogP contribution in [0.25, 0.3) is 5.59 Å². The third-order valence-electron chi connectivity index (χ3n) is 9.56. The number of nitrogens with zero attached hydrogens (tertiary/aromatic N) is 1. The van der Waals surface area contributed by atoms with E-state index in [0.29, 0.717) is 0 Å². The van der Waals surface area contributed by atoms with Gasteiger partial charge in [0.1, 0.15) is 47.7 Å². The Bertz CT molecular complexity index is 1920. The van der Waals surface area contributed by atoms with E-state index >= 15 is 0 Å². The van der Waals surface area contributed by atoms with Gasteiger partial charge in [-0.05, 0) is 109 Å². The summed E-state index contributed by atoms with van der Waals surface area (Å²) in [7, 11) is -2.63. The van der Waals surface area contributed by atoms with E-state index in [9.17, 15) is 3.22 Å². The van der Waals surface area contributed by atoms with Crippen LogP contribution < -0.4 is 47.7 Å². The van der Waals surface area contributed by atoms with Crippen LogP contribution in [0.5, 0.6) is 0 Å². The molecule has 0 N–H and O–H groups in total. The monoisotopic (exact) mass is 1050 g/mol. The molecular formula is C55H49FNO2P3Re+. The Balaban J connectivity index is 0.000000195. The van der Waals surface area contributed by atoms with Crippen LogP contribution in [0.15, 0.2) is 273 Å². The summed E-state index contributed by atoms with van der Waals surface area (Å²) in [6, 6.07) is 97.5. The van der Waals surface area contributed by atoms with E-state index in [2.05, 4.69) is 280 Å². The van der Waals surface area contributed by atoms with E-state index in [1.807, 2.05) is 0 Å². The zero-order valence-corrected chi connectivity index (χ0v) is 40.3. The molecule has 0 heterocycles. The van der Waals surface area contributed by atoms with Gasteiger partial charge in [-0.1, -0.05) is 164 Å². The molecule has 9 rings (SSSR count). The molecule has 0 fully saturated rings. The minimum atomic E-state index is -0.877. The van der Waals surface area contributed by atoms with Gasteiger partial charge in [-0.2, -0.15) is 0 Å². The molecule has 0 aromatic heterocycles. The molecule has 9 aromatic rings. The van der Waals surface area contributed by atoms with Crippen molar-refractivity contribution in [2.24, 2.45) is 0 Å². The fourth-order valence-electron chi connectivity index (χ4n) is 6.94. The normalized spacial score (nSPS) is 9.79. The van der Waals surface area contributed by atoms with Gasteiger partial charge in [0.2, 0.25) is 0 Å². The third kappa shape index (κ3) is 15.8.